The maximum absolute atomic E-state index is 3.83. The van der Waals surface area contributed by atoms with Crippen LogP contribution in [-0.2, 0) is 0 Å². The van der Waals surface area contributed by atoms with Crippen molar-refractivity contribution >= 4 is 11.4 Å². The normalized spacial score (nSPS) is 10.0. The van der Waals surface area contributed by atoms with Gasteiger partial charge in [0.15, 0.2) is 0 Å². The molecule has 0 aliphatic rings. The quantitative estimate of drug-likeness (QED) is 0.411. The Hall–Kier alpha value is -2.22. The average Bonchev–Trinajstić information content (AvgIpc) is 2.62. The van der Waals surface area contributed by atoms with Gasteiger partial charge in [-0.15, -0.1) is 26.3 Å². The molecular weight excluding hydrogens is 292 g/mol. The van der Waals surface area contributed by atoms with Crippen LogP contribution in [0.5, 0.6) is 0 Å². The molecule has 0 unspecified atom stereocenters. The SMILES string of the molecule is C=CCCN(CCC=C)c1ccc(N(CCC=C)CCC=C)cc1. The van der Waals surface area contributed by atoms with E-state index >= 15 is 0 Å². The number of benzene rings is 1. The van der Waals surface area contributed by atoms with Crippen LogP contribution < -0.4 is 9.80 Å². The molecule has 2 nitrogen and oxygen atoms in total. The molecule has 1 aromatic rings. The molecule has 1 rings (SSSR count). The monoisotopic (exact) mass is 324 g/mol. The summed E-state index contributed by atoms with van der Waals surface area (Å²) in [4.78, 5) is 4.79. The summed E-state index contributed by atoms with van der Waals surface area (Å²) in [6.07, 6.45) is 11.9. The third-order valence-electron chi connectivity index (χ3n) is 3.99. The summed E-state index contributed by atoms with van der Waals surface area (Å²) in [5.41, 5.74) is 2.52. The molecule has 0 atom stereocenters. The third kappa shape index (κ3) is 6.91. The molecule has 0 radical (unpaired) electrons. The summed E-state index contributed by atoms with van der Waals surface area (Å²) in [5.74, 6) is 0. The van der Waals surface area contributed by atoms with E-state index in [1.807, 2.05) is 24.3 Å². The van der Waals surface area contributed by atoms with Crippen molar-refractivity contribution in [1.29, 1.82) is 0 Å². The molecule has 0 bridgehead atoms. The van der Waals surface area contributed by atoms with Crippen LogP contribution in [0.4, 0.5) is 11.4 Å². The Morgan fingerprint density at radius 1 is 0.542 bits per heavy atom. The highest BCUT2D eigenvalue weighted by Gasteiger charge is 2.08. The zero-order chi connectivity index (χ0) is 17.6. The molecule has 0 N–H and O–H groups in total. The highest BCUT2D eigenvalue weighted by molar-refractivity contribution is 5.56. The van der Waals surface area contributed by atoms with Crippen molar-refractivity contribution in [2.75, 3.05) is 36.0 Å². The first-order valence-corrected chi connectivity index (χ1v) is 8.80. The lowest BCUT2D eigenvalue weighted by atomic mass is 10.2. The number of hydrogen-bond donors (Lipinski definition) is 0. The lowest BCUT2D eigenvalue weighted by Crippen LogP contribution is -2.26. The van der Waals surface area contributed by atoms with Gasteiger partial charge >= 0.3 is 0 Å². The summed E-state index contributed by atoms with van der Waals surface area (Å²) < 4.78 is 0. The number of nitrogens with zero attached hydrogens (tertiary/aromatic N) is 2. The van der Waals surface area contributed by atoms with Gasteiger partial charge in [0.25, 0.3) is 0 Å². The van der Waals surface area contributed by atoms with Gasteiger partial charge in [-0.2, -0.15) is 0 Å². The van der Waals surface area contributed by atoms with E-state index in [9.17, 15) is 0 Å². The third-order valence-corrected chi connectivity index (χ3v) is 3.99. The molecule has 130 valence electrons. The first kappa shape index (κ1) is 19.8. The Kier molecular flexibility index (Phi) is 10.1. The largest absolute Gasteiger partial charge is 0.371 e. The number of rotatable bonds is 14. The van der Waals surface area contributed by atoms with Crippen molar-refractivity contribution in [3.05, 3.63) is 74.9 Å². The molecule has 0 aromatic heterocycles. The van der Waals surface area contributed by atoms with E-state index in [0.717, 1.165) is 51.9 Å². The van der Waals surface area contributed by atoms with Gasteiger partial charge in [0.2, 0.25) is 0 Å². The molecular formula is C22H32N2. The molecule has 24 heavy (non-hydrogen) atoms. The van der Waals surface area contributed by atoms with Crippen LogP contribution in [0.15, 0.2) is 74.9 Å². The molecule has 0 aliphatic heterocycles. The van der Waals surface area contributed by atoms with Crippen LogP contribution in [0.25, 0.3) is 0 Å². The van der Waals surface area contributed by atoms with Crippen molar-refractivity contribution in [3.63, 3.8) is 0 Å². The van der Waals surface area contributed by atoms with E-state index in [2.05, 4.69) is 60.4 Å². The lowest BCUT2D eigenvalue weighted by molar-refractivity contribution is 0.783. The van der Waals surface area contributed by atoms with Crippen molar-refractivity contribution in [3.8, 4) is 0 Å². The van der Waals surface area contributed by atoms with Gasteiger partial charge in [-0.3, -0.25) is 0 Å². The van der Waals surface area contributed by atoms with Gasteiger partial charge in [-0.05, 0) is 49.9 Å². The number of hydrogen-bond acceptors (Lipinski definition) is 2. The van der Waals surface area contributed by atoms with Gasteiger partial charge < -0.3 is 9.80 Å². The van der Waals surface area contributed by atoms with E-state index < -0.39 is 0 Å². The van der Waals surface area contributed by atoms with E-state index in [-0.39, 0.29) is 0 Å². The van der Waals surface area contributed by atoms with Crippen LogP contribution >= 0.6 is 0 Å². The second-order valence-electron chi connectivity index (χ2n) is 5.80. The highest BCUT2D eigenvalue weighted by atomic mass is 15.1. The van der Waals surface area contributed by atoms with E-state index in [4.69, 9.17) is 0 Å². The zero-order valence-electron chi connectivity index (χ0n) is 15.0. The second-order valence-corrected chi connectivity index (χ2v) is 5.80. The van der Waals surface area contributed by atoms with Crippen LogP contribution in [-0.4, -0.2) is 26.2 Å². The van der Waals surface area contributed by atoms with E-state index in [1.165, 1.54) is 11.4 Å². The predicted octanol–water partition coefficient (Wildman–Crippen LogP) is 5.60. The summed E-state index contributed by atoms with van der Waals surface area (Å²) in [6.45, 7) is 19.3. The van der Waals surface area contributed by atoms with Crippen molar-refractivity contribution in [2.45, 2.75) is 25.7 Å². The predicted molar refractivity (Wildman–Crippen MR) is 110 cm³/mol. The van der Waals surface area contributed by atoms with E-state index in [0.29, 0.717) is 0 Å². The van der Waals surface area contributed by atoms with Crippen LogP contribution in [0.1, 0.15) is 25.7 Å². The highest BCUT2D eigenvalue weighted by Crippen LogP contribution is 2.22. The fourth-order valence-corrected chi connectivity index (χ4v) is 2.60. The summed E-state index contributed by atoms with van der Waals surface area (Å²) >= 11 is 0. The molecule has 0 saturated carbocycles. The first-order chi connectivity index (χ1) is 11.8. The van der Waals surface area contributed by atoms with Crippen molar-refractivity contribution in [1.82, 2.24) is 0 Å². The van der Waals surface area contributed by atoms with Gasteiger partial charge in [0.05, 0.1) is 0 Å². The molecule has 0 aliphatic carbocycles. The summed E-state index contributed by atoms with van der Waals surface area (Å²) in [7, 11) is 0. The molecule has 0 spiro atoms. The van der Waals surface area contributed by atoms with Crippen LogP contribution in [0, 0.1) is 0 Å². The Balaban J connectivity index is 2.84. The fourth-order valence-electron chi connectivity index (χ4n) is 2.60. The Morgan fingerprint density at radius 3 is 1.00 bits per heavy atom. The van der Waals surface area contributed by atoms with Crippen molar-refractivity contribution in [2.24, 2.45) is 0 Å². The molecule has 0 amide bonds. The van der Waals surface area contributed by atoms with Crippen LogP contribution in [0.3, 0.4) is 0 Å². The number of anilines is 2. The van der Waals surface area contributed by atoms with Gasteiger partial charge in [-0.1, -0.05) is 24.3 Å². The fraction of sp³-hybridized carbons (Fsp3) is 0.364. The minimum atomic E-state index is 0.990. The van der Waals surface area contributed by atoms with Crippen molar-refractivity contribution < 1.29 is 0 Å². The molecule has 1 aromatic carbocycles. The zero-order valence-corrected chi connectivity index (χ0v) is 15.0. The minimum absolute atomic E-state index is 0.990. The summed E-state index contributed by atoms with van der Waals surface area (Å²) in [6, 6.07) is 8.87. The minimum Gasteiger partial charge on any atom is -0.371 e. The van der Waals surface area contributed by atoms with Gasteiger partial charge in [0.1, 0.15) is 0 Å². The molecule has 2 heteroatoms. The Morgan fingerprint density at radius 2 is 0.792 bits per heavy atom. The maximum atomic E-state index is 3.83. The maximum Gasteiger partial charge on any atom is 0.0367 e. The smallest absolute Gasteiger partial charge is 0.0367 e. The Bertz CT molecular complexity index is 430. The molecule has 0 fully saturated rings. The topological polar surface area (TPSA) is 6.48 Å². The average molecular weight is 325 g/mol. The lowest BCUT2D eigenvalue weighted by Gasteiger charge is -2.27. The van der Waals surface area contributed by atoms with Gasteiger partial charge in [0, 0.05) is 37.6 Å². The summed E-state index contributed by atoms with van der Waals surface area (Å²) in [5, 5.41) is 0. The molecule has 0 saturated heterocycles. The Labute approximate surface area is 148 Å². The van der Waals surface area contributed by atoms with Gasteiger partial charge in [-0.25, -0.2) is 0 Å². The van der Waals surface area contributed by atoms with Crippen LogP contribution in [0.2, 0.25) is 0 Å². The second kappa shape index (κ2) is 12.2. The van der Waals surface area contributed by atoms with E-state index in [1.54, 1.807) is 0 Å². The molecule has 0 heterocycles. The first-order valence-electron chi connectivity index (χ1n) is 8.80. The standard InChI is InChI=1S/C22H32N2/c1-5-9-17-23(18-10-6-2)21-13-15-22(16-14-21)24(19-11-7-3)20-12-8-4/h5-8,13-16H,1-4,9-12,17-20H2.